The predicted octanol–water partition coefficient (Wildman–Crippen LogP) is 2.98. The van der Waals surface area contributed by atoms with Gasteiger partial charge >= 0.3 is 0 Å². The Hall–Kier alpha value is -2.11. The molecule has 1 heterocycles. The lowest BCUT2D eigenvalue weighted by atomic mass is 10.1. The largest absolute Gasteiger partial charge is 0.298 e. The van der Waals surface area contributed by atoms with Gasteiger partial charge in [-0.2, -0.15) is 5.10 Å². The highest BCUT2D eigenvalue weighted by Crippen LogP contribution is 2.30. The summed E-state index contributed by atoms with van der Waals surface area (Å²) >= 11 is 0. The molecule has 0 aliphatic heterocycles. The highest BCUT2D eigenvalue weighted by atomic mass is 19.3. The van der Waals surface area contributed by atoms with Crippen molar-refractivity contribution in [1.82, 2.24) is 9.78 Å². The van der Waals surface area contributed by atoms with Crippen LogP contribution in [-0.2, 0) is 7.05 Å². The molecule has 0 atom stereocenters. The van der Waals surface area contributed by atoms with Gasteiger partial charge in [0.05, 0.1) is 11.1 Å². The molecule has 0 saturated heterocycles. The fraction of sp³-hybridized carbons (Fsp3) is 0.167. The van der Waals surface area contributed by atoms with Crippen molar-refractivity contribution in [2.75, 3.05) is 0 Å². The summed E-state index contributed by atoms with van der Waals surface area (Å²) in [7, 11) is 1.51. The van der Waals surface area contributed by atoms with Crippen molar-refractivity contribution in [2.24, 2.45) is 7.05 Å². The highest BCUT2D eigenvalue weighted by molar-refractivity contribution is 5.77. The average molecular weight is 254 g/mol. The maximum Gasteiger partial charge on any atom is 0.267 e. The lowest BCUT2D eigenvalue weighted by molar-refractivity contribution is 0.111. The smallest absolute Gasteiger partial charge is 0.267 e. The maximum absolute atomic E-state index is 13.4. The molecule has 0 amide bonds. The molecule has 18 heavy (non-hydrogen) atoms. The second-order valence-corrected chi connectivity index (χ2v) is 3.76. The Morgan fingerprint density at radius 3 is 2.67 bits per heavy atom. The van der Waals surface area contributed by atoms with Crippen LogP contribution in [0.1, 0.15) is 22.3 Å². The minimum absolute atomic E-state index is 0.0175. The highest BCUT2D eigenvalue weighted by Gasteiger charge is 2.19. The van der Waals surface area contributed by atoms with Crippen molar-refractivity contribution in [1.29, 1.82) is 0 Å². The molecule has 0 radical (unpaired) electrons. The van der Waals surface area contributed by atoms with E-state index in [9.17, 15) is 18.0 Å². The van der Waals surface area contributed by atoms with Crippen molar-refractivity contribution in [2.45, 2.75) is 6.43 Å². The molecule has 0 saturated carbocycles. The van der Waals surface area contributed by atoms with E-state index < -0.39 is 12.2 Å². The number of nitrogens with zero attached hydrogens (tertiary/aromatic N) is 2. The van der Waals surface area contributed by atoms with Crippen molar-refractivity contribution in [3.8, 4) is 11.3 Å². The molecule has 6 heteroatoms. The first-order chi connectivity index (χ1) is 8.52. The van der Waals surface area contributed by atoms with Crippen LogP contribution in [0.5, 0.6) is 0 Å². The fourth-order valence-corrected chi connectivity index (χ4v) is 1.66. The molecule has 1 aromatic carbocycles. The van der Waals surface area contributed by atoms with Gasteiger partial charge in [-0.1, -0.05) is 6.07 Å². The van der Waals surface area contributed by atoms with Gasteiger partial charge in [0.25, 0.3) is 6.43 Å². The van der Waals surface area contributed by atoms with E-state index in [-0.39, 0.29) is 22.4 Å². The van der Waals surface area contributed by atoms with E-state index in [2.05, 4.69) is 5.10 Å². The number of aryl methyl sites for hydroxylation is 1. The Morgan fingerprint density at radius 1 is 1.39 bits per heavy atom. The number of carbonyl (C=O) groups excluding carboxylic acids is 1. The second-order valence-electron chi connectivity index (χ2n) is 3.76. The lowest BCUT2D eigenvalue weighted by Gasteiger charge is -2.02. The van der Waals surface area contributed by atoms with Gasteiger partial charge in [-0.15, -0.1) is 0 Å². The SMILES string of the molecule is Cn1cc(C(F)F)c(-c2ccc(C=O)c(F)c2)n1. The van der Waals surface area contributed by atoms with Crippen molar-refractivity contribution >= 4 is 6.29 Å². The number of hydrogen-bond acceptors (Lipinski definition) is 2. The minimum atomic E-state index is -2.69. The van der Waals surface area contributed by atoms with Gasteiger partial charge in [0.2, 0.25) is 0 Å². The van der Waals surface area contributed by atoms with Crippen LogP contribution in [0, 0.1) is 5.82 Å². The van der Waals surface area contributed by atoms with Crippen LogP contribution in [0.3, 0.4) is 0 Å². The summed E-state index contributed by atoms with van der Waals surface area (Å²) in [5.41, 5.74) is -0.151. The Morgan fingerprint density at radius 2 is 2.11 bits per heavy atom. The monoisotopic (exact) mass is 254 g/mol. The summed E-state index contributed by atoms with van der Waals surface area (Å²) in [5.74, 6) is -0.756. The number of hydrogen-bond donors (Lipinski definition) is 0. The number of halogens is 3. The molecule has 0 aliphatic rings. The van der Waals surface area contributed by atoms with Crippen LogP contribution in [-0.4, -0.2) is 16.1 Å². The molecule has 0 spiro atoms. The predicted molar refractivity (Wildman–Crippen MR) is 58.9 cm³/mol. The molecule has 0 aliphatic carbocycles. The number of rotatable bonds is 3. The standard InChI is InChI=1S/C12H9F3N2O/c1-17-5-9(12(14)15)11(16-17)7-2-3-8(6-18)10(13)4-7/h2-6,12H,1H3. The summed E-state index contributed by atoms with van der Waals surface area (Å²) in [6.07, 6.45) is -1.14. The third-order valence-corrected chi connectivity index (χ3v) is 2.49. The van der Waals surface area contributed by atoms with E-state index in [1.54, 1.807) is 0 Å². The molecule has 0 unspecified atom stereocenters. The van der Waals surface area contributed by atoms with Gasteiger partial charge in [0.1, 0.15) is 11.5 Å². The van der Waals surface area contributed by atoms with E-state index in [0.717, 1.165) is 6.07 Å². The average Bonchev–Trinajstić information content (AvgIpc) is 2.71. The molecule has 2 rings (SSSR count). The Labute approximate surface area is 101 Å². The molecular weight excluding hydrogens is 245 g/mol. The maximum atomic E-state index is 13.4. The van der Waals surface area contributed by atoms with Gasteiger partial charge in [0.15, 0.2) is 6.29 Å². The molecule has 3 nitrogen and oxygen atoms in total. The van der Waals surface area contributed by atoms with E-state index >= 15 is 0 Å². The third-order valence-electron chi connectivity index (χ3n) is 2.49. The first-order valence-electron chi connectivity index (χ1n) is 5.09. The molecule has 2 aromatic rings. The van der Waals surface area contributed by atoms with E-state index in [4.69, 9.17) is 0 Å². The number of carbonyl (C=O) groups is 1. The quantitative estimate of drug-likeness (QED) is 0.789. The zero-order valence-electron chi connectivity index (χ0n) is 9.40. The molecule has 0 fully saturated rings. The van der Waals surface area contributed by atoms with Crippen LogP contribution in [0.4, 0.5) is 13.2 Å². The first-order valence-corrected chi connectivity index (χ1v) is 5.09. The third kappa shape index (κ3) is 2.13. The summed E-state index contributed by atoms with van der Waals surface area (Å²) in [5, 5.41) is 3.88. The number of aromatic nitrogens is 2. The molecule has 1 aromatic heterocycles. The van der Waals surface area contributed by atoms with E-state index in [1.165, 1.54) is 30.1 Å². The van der Waals surface area contributed by atoms with Crippen LogP contribution in [0.2, 0.25) is 0 Å². The van der Waals surface area contributed by atoms with Gasteiger partial charge in [0, 0.05) is 18.8 Å². The minimum Gasteiger partial charge on any atom is -0.298 e. The molecular formula is C12H9F3N2O. The van der Waals surface area contributed by atoms with Crippen LogP contribution >= 0.6 is 0 Å². The zero-order valence-corrected chi connectivity index (χ0v) is 9.40. The second kappa shape index (κ2) is 4.64. The summed E-state index contributed by atoms with van der Waals surface area (Å²) < 4.78 is 40.2. The van der Waals surface area contributed by atoms with Gasteiger partial charge in [-0.05, 0) is 12.1 Å². The normalized spacial score (nSPS) is 10.9. The Balaban J connectivity index is 2.55. The number of benzene rings is 1. The number of alkyl halides is 2. The Kier molecular flexibility index (Phi) is 3.18. The first kappa shape index (κ1) is 12.3. The summed E-state index contributed by atoms with van der Waals surface area (Å²) in [6.45, 7) is 0. The zero-order chi connectivity index (χ0) is 13.3. The van der Waals surface area contributed by atoms with Gasteiger partial charge in [-0.25, -0.2) is 13.2 Å². The number of aldehydes is 1. The van der Waals surface area contributed by atoms with Crippen molar-refractivity contribution < 1.29 is 18.0 Å². The van der Waals surface area contributed by atoms with Gasteiger partial charge < -0.3 is 0 Å². The fourth-order valence-electron chi connectivity index (χ4n) is 1.66. The van der Waals surface area contributed by atoms with E-state index in [1.807, 2.05) is 0 Å². The van der Waals surface area contributed by atoms with Crippen molar-refractivity contribution in [3.05, 3.63) is 41.3 Å². The summed E-state index contributed by atoms with van der Waals surface area (Å²) in [6, 6.07) is 3.65. The molecule has 0 bridgehead atoms. The Bertz CT molecular complexity index is 593. The van der Waals surface area contributed by atoms with Crippen molar-refractivity contribution in [3.63, 3.8) is 0 Å². The van der Waals surface area contributed by atoms with Crippen LogP contribution in [0.15, 0.2) is 24.4 Å². The molecule has 94 valence electrons. The van der Waals surface area contributed by atoms with Crippen LogP contribution in [0.25, 0.3) is 11.3 Å². The molecule has 0 N–H and O–H groups in total. The van der Waals surface area contributed by atoms with E-state index in [0.29, 0.717) is 6.29 Å². The topological polar surface area (TPSA) is 34.9 Å². The van der Waals surface area contributed by atoms with Gasteiger partial charge in [-0.3, -0.25) is 9.48 Å². The lowest BCUT2D eigenvalue weighted by Crippen LogP contribution is -1.92. The summed E-state index contributed by atoms with van der Waals surface area (Å²) in [4.78, 5) is 10.5. The van der Waals surface area contributed by atoms with Crippen LogP contribution < -0.4 is 0 Å².